The first-order valence-corrected chi connectivity index (χ1v) is 11.2. The first kappa shape index (κ1) is 24.7. The van der Waals surface area contributed by atoms with E-state index in [1.807, 2.05) is 45.0 Å². The summed E-state index contributed by atoms with van der Waals surface area (Å²) in [7, 11) is 0. The van der Waals surface area contributed by atoms with Crippen LogP contribution in [0.5, 0.6) is 0 Å². The molecule has 0 saturated carbocycles. The molecule has 0 atom stereocenters. The predicted octanol–water partition coefficient (Wildman–Crippen LogP) is 5.69. The molecular weight excluding hydrogens is 452 g/mol. The number of pyridine rings is 1. The van der Waals surface area contributed by atoms with Gasteiger partial charge < -0.3 is 16.0 Å². The van der Waals surface area contributed by atoms with Crippen molar-refractivity contribution in [2.75, 3.05) is 10.6 Å². The molecule has 2 aromatic heterocycles. The number of urea groups is 1. The number of hydrogen-bond donors (Lipinski definition) is 3. The van der Waals surface area contributed by atoms with E-state index in [4.69, 9.17) is 11.6 Å². The number of amides is 3. The van der Waals surface area contributed by atoms with Gasteiger partial charge in [0.25, 0.3) is 5.91 Å². The van der Waals surface area contributed by atoms with E-state index < -0.39 is 6.03 Å². The maximum atomic E-state index is 12.8. The van der Waals surface area contributed by atoms with E-state index in [9.17, 15) is 9.59 Å². The van der Waals surface area contributed by atoms with Crippen LogP contribution in [-0.2, 0) is 0 Å². The number of carbonyl (C=O) groups excluding carboxylic acids is 2. The largest absolute Gasteiger partial charge is 0.323 e. The molecule has 0 unspecified atom stereocenters. The third-order valence-electron chi connectivity index (χ3n) is 4.83. The fraction of sp³-hybridized carbons (Fsp3) is 0.200. The van der Waals surface area contributed by atoms with Crippen molar-refractivity contribution in [2.45, 2.75) is 34.1 Å². The Bertz CT molecular complexity index is 1260. The Labute approximate surface area is 203 Å². The predicted molar refractivity (Wildman–Crippen MR) is 135 cm³/mol. The van der Waals surface area contributed by atoms with Crippen molar-refractivity contribution in [2.24, 2.45) is 0 Å². The van der Waals surface area contributed by atoms with Crippen LogP contribution in [0.3, 0.4) is 0 Å². The molecule has 0 bridgehead atoms. The normalized spacial score (nSPS) is 11.8. The van der Waals surface area contributed by atoms with Crippen molar-refractivity contribution in [1.29, 1.82) is 0 Å². The summed E-state index contributed by atoms with van der Waals surface area (Å²) in [6.07, 6.45) is 7.66. The molecule has 34 heavy (non-hydrogen) atoms. The molecule has 176 valence electrons. The molecular formula is C25H27ClN6O2. The van der Waals surface area contributed by atoms with Gasteiger partial charge in [-0.15, -0.1) is 0 Å². The van der Waals surface area contributed by atoms with Gasteiger partial charge in [0.15, 0.2) is 0 Å². The summed E-state index contributed by atoms with van der Waals surface area (Å²) in [4.78, 5) is 29.5. The Morgan fingerprint density at radius 3 is 2.65 bits per heavy atom. The second-order valence-corrected chi connectivity index (χ2v) is 8.17. The van der Waals surface area contributed by atoms with Crippen LogP contribution in [0.15, 0.2) is 71.7 Å². The van der Waals surface area contributed by atoms with E-state index >= 15 is 0 Å². The zero-order valence-corrected chi connectivity index (χ0v) is 20.3. The number of aryl methyl sites for hydroxylation is 2. The van der Waals surface area contributed by atoms with Crippen LogP contribution in [0, 0.1) is 13.8 Å². The first-order chi connectivity index (χ1) is 16.3. The molecule has 3 aromatic rings. The lowest BCUT2D eigenvalue weighted by Gasteiger charge is -2.10. The highest BCUT2D eigenvalue weighted by atomic mass is 35.5. The summed E-state index contributed by atoms with van der Waals surface area (Å²) in [6.45, 7) is 7.44. The summed E-state index contributed by atoms with van der Waals surface area (Å²) in [5.74, 6) is -0.253. The minimum atomic E-state index is -0.439. The van der Waals surface area contributed by atoms with E-state index in [0.29, 0.717) is 33.4 Å². The molecule has 0 aliphatic heterocycles. The van der Waals surface area contributed by atoms with Crippen LogP contribution < -0.4 is 16.0 Å². The van der Waals surface area contributed by atoms with Crippen molar-refractivity contribution in [3.8, 4) is 5.69 Å². The number of rotatable bonds is 7. The quantitative estimate of drug-likeness (QED) is 0.379. The van der Waals surface area contributed by atoms with Gasteiger partial charge in [-0.3, -0.25) is 9.78 Å². The third-order valence-corrected chi connectivity index (χ3v) is 5.03. The highest BCUT2D eigenvalue weighted by Crippen LogP contribution is 2.17. The fourth-order valence-electron chi connectivity index (χ4n) is 3.09. The summed E-state index contributed by atoms with van der Waals surface area (Å²) in [5.41, 5.74) is 4.44. The molecule has 0 fully saturated rings. The molecule has 0 aliphatic carbocycles. The number of anilines is 2. The highest BCUT2D eigenvalue weighted by molar-refractivity contribution is 6.29. The first-order valence-electron chi connectivity index (χ1n) is 10.8. The Morgan fingerprint density at radius 1 is 1.15 bits per heavy atom. The van der Waals surface area contributed by atoms with Gasteiger partial charge in [0.1, 0.15) is 0 Å². The smallest absolute Gasteiger partial charge is 0.320 e. The van der Waals surface area contributed by atoms with Gasteiger partial charge in [0.2, 0.25) is 0 Å². The number of nitrogens with zero attached hydrogens (tertiary/aromatic N) is 3. The maximum absolute atomic E-state index is 12.8. The lowest BCUT2D eigenvalue weighted by Crippen LogP contribution is -2.27. The highest BCUT2D eigenvalue weighted by Gasteiger charge is 2.11. The van der Waals surface area contributed by atoms with Crippen LogP contribution in [-0.4, -0.2) is 26.7 Å². The van der Waals surface area contributed by atoms with Crippen LogP contribution >= 0.6 is 11.6 Å². The fourth-order valence-corrected chi connectivity index (χ4v) is 3.20. The van der Waals surface area contributed by atoms with Crippen LogP contribution in [0.25, 0.3) is 5.69 Å². The van der Waals surface area contributed by atoms with E-state index in [1.54, 1.807) is 42.1 Å². The van der Waals surface area contributed by atoms with Gasteiger partial charge in [0, 0.05) is 16.3 Å². The number of carbonyl (C=O) groups is 2. The molecule has 8 nitrogen and oxygen atoms in total. The molecule has 0 aliphatic rings. The summed E-state index contributed by atoms with van der Waals surface area (Å²) in [6, 6.07) is 10.3. The van der Waals surface area contributed by atoms with Gasteiger partial charge in [-0.25, -0.2) is 9.48 Å². The summed E-state index contributed by atoms with van der Waals surface area (Å²) < 4.78 is 1.58. The Morgan fingerprint density at radius 2 is 1.94 bits per heavy atom. The Kier molecular flexibility index (Phi) is 8.21. The van der Waals surface area contributed by atoms with Crippen molar-refractivity contribution >= 4 is 34.9 Å². The number of nitrogens with one attached hydrogen (secondary N) is 3. The minimum Gasteiger partial charge on any atom is -0.320 e. The van der Waals surface area contributed by atoms with Gasteiger partial charge in [-0.1, -0.05) is 30.7 Å². The zero-order chi connectivity index (χ0) is 24.7. The van der Waals surface area contributed by atoms with E-state index in [0.717, 1.165) is 17.8 Å². The Hall–Kier alpha value is -3.91. The zero-order valence-electron chi connectivity index (χ0n) is 19.5. The van der Waals surface area contributed by atoms with Crippen molar-refractivity contribution < 1.29 is 9.59 Å². The monoisotopic (exact) mass is 478 g/mol. The van der Waals surface area contributed by atoms with Crippen LogP contribution in [0.4, 0.5) is 16.2 Å². The molecule has 1 aromatic carbocycles. The van der Waals surface area contributed by atoms with Gasteiger partial charge in [-0.2, -0.15) is 5.10 Å². The molecule has 3 amide bonds. The third kappa shape index (κ3) is 6.55. The van der Waals surface area contributed by atoms with Gasteiger partial charge >= 0.3 is 6.03 Å². The minimum absolute atomic E-state index is 0.253. The summed E-state index contributed by atoms with van der Waals surface area (Å²) in [5, 5.41) is 13.1. The van der Waals surface area contributed by atoms with Crippen LogP contribution in [0.1, 0.15) is 42.0 Å². The topological polar surface area (TPSA) is 101 Å². The number of aromatic nitrogens is 3. The second kappa shape index (κ2) is 11.3. The maximum Gasteiger partial charge on any atom is 0.323 e. The number of hydrogen-bond acceptors (Lipinski definition) is 4. The van der Waals surface area contributed by atoms with Gasteiger partial charge in [0.05, 0.1) is 40.8 Å². The van der Waals surface area contributed by atoms with E-state index in [1.165, 1.54) is 6.20 Å². The van der Waals surface area contributed by atoms with Crippen LogP contribution in [0.2, 0.25) is 0 Å². The lowest BCUT2D eigenvalue weighted by molar-refractivity contribution is 0.102. The molecule has 9 heteroatoms. The summed E-state index contributed by atoms with van der Waals surface area (Å²) >= 11 is 6.05. The number of benzene rings is 1. The molecule has 0 radical (unpaired) electrons. The van der Waals surface area contributed by atoms with E-state index in [2.05, 4.69) is 26.0 Å². The van der Waals surface area contributed by atoms with Crippen molar-refractivity contribution in [1.82, 2.24) is 20.1 Å². The van der Waals surface area contributed by atoms with Crippen molar-refractivity contribution in [3.05, 3.63) is 88.6 Å². The SMILES string of the molecule is CCC=CC(NC(=O)Nc1cnn(-c2cccc(C(=O)Nc3ccc(C)nc3C)c2)c1)=C(C)Cl. The molecule has 3 N–H and O–H groups in total. The molecule has 3 rings (SSSR count). The average Bonchev–Trinajstić information content (AvgIpc) is 3.26. The standard InChI is InChI=1S/C25H27ClN6O2/c1-5-6-10-22(17(3)26)31-25(34)29-20-14-27-32(15-20)21-9-7-8-19(13-21)24(33)30-23-12-11-16(2)28-18(23)4/h6-15H,5H2,1-4H3,(H,30,33)(H2,29,31,34). The number of halogens is 1. The molecule has 2 heterocycles. The van der Waals surface area contributed by atoms with E-state index in [-0.39, 0.29) is 5.91 Å². The number of allylic oxidation sites excluding steroid dienone is 3. The lowest BCUT2D eigenvalue weighted by atomic mass is 10.1. The molecule has 0 saturated heterocycles. The van der Waals surface area contributed by atoms with Crippen molar-refractivity contribution in [3.63, 3.8) is 0 Å². The Balaban J connectivity index is 1.70. The molecule has 0 spiro atoms. The second-order valence-electron chi connectivity index (χ2n) is 7.60. The average molecular weight is 479 g/mol. The van der Waals surface area contributed by atoms with Gasteiger partial charge in [-0.05, 0) is 63.6 Å².